The van der Waals surface area contributed by atoms with Crippen LogP contribution >= 0.6 is 12.2 Å². The van der Waals surface area contributed by atoms with Crippen LogP contribution in [0, 0.1) is 5.92 Å². The number of hydrogen-bond donors (Lipinski definition) is 0. The number of ketones is 1. The molecule has 1 atom stereocenters. The molecule has 0 spiro atoms. The Bertz CT molecular complexity index is 649. The summed E-state index contributed by atoms with van der Waals surface area (Å²) in [4.78, 5) is 13.3. The van der Waals surface area contributed by atoms with E-state index in [-0.39, 0.29) is 11.7 Å². The molecule has 0 bridgehead atoms. The maximum absolute atomic E-state index is 12.4. The number of thiocarbonyl (C=S) groups is 1. The lowest BCUT2D eigenvalue weighted by atomic mass is 9.89. The standard InChI is InChI=1S/C17H16OS/c1-10-6-7-15(19)14(8-10)13-5-3-4-12-9-11(2)17(18)16(12)13/h3-6,8,11H,7,9H2,1-2H3. The Labute approximate surface area is 119 Å². The molecule has 0 saturated carbocycles. The van der Waals surface area contributed by atoms with Crippen molar-refractivity contribution in [3.8, 4) is 0 Å². The summed E-state index contributed by atoms with van der Waals surface area (Å²) < 4.78 is 0. The highest BCUT2D eigenvalue weighted by Crippen LogP contribution is 2.35. The fourth-order valence-electron chi connectivity index (χ4n) is 2.91. The summed E-state index contributed by atoms with van der Waals surface area (Å²) in [5.74, 6) is 0.368. The second kappa shape index (κ2) is 4.53. The van der Waals surface area contributed by atoms with Crippen LogP contribution in [0.1, 0.15) is 41.8 Å². The van der Waals surface area contributed by atoms with E-state index in [1.165, 1.54) is 11.1 Å². The van der Waals surface area contributed by atoms with Crippen molar-refractivity contribution in [1.82, 2.24) is 0 Å². The van der Waals surface area contributed by atoms with E-state index in [2.05, 4.69) is 25.1 Å². The average molecular weight is 268 g/mol. The summed E-state index contributed by atoms with van der Waals surface area (Å²) in [5, 5.41) is 0. The second-order valence-corrected chi connectivity index (χ2v) is 5.94. The molecule has 2 heteroatoms. The predicted molar refractivity (Wildman–Crippen MR) is 82.6 cm³/mol. The molecule has 19 heavy (non-hydrogen) atoms. The van der Waals surface area contributed by atoms with Gasteiger partial charge in [0.15, 0.2) is 5.78 Å². The molecule has 0 heterocycles. The molecule has 0 fully saturated rings. The molecule has 0 saturated heterocycles. The minimum Gasteiger partial charge on any atom is -0.294 e. The number of fused-ring (bicyclic) bond motifs is 1. The van der Waals surface area contributed by atoms with Gasteiger partial charge in [-0.05, 0) is 30.0 Å². The van der Waals surface area contributed by atoms with Crippen molar-refractivity contribution in [2.24, 2.45) is 5.92 Å². The molecule has 96 valence electrons. The lowest BCUT2D eigenvalue weighted by molar-refractivity contribution is 0.0946. The van der Waals surface area contributed by atoms with Crippen LogP contribution in [0.25, 0.3) is 5.57 Å². The number of carbonyl (C=O) groups is 1. The Hall–Kier alpha value is -1.54. The largest absolute Gasteiger partial charge is 0.294 e. The smallest absolute Gasteiger partial charge is 0.166 e. The van der Waals surface area contributed by atoms with Crippen LogP contribution in [0.3, 0.4) is 0 Å². The van der Waals surface area contributed by atoms with Crippen molar-refractivity contribution in [1.29, 1.82) is 0 Å². The van der Waals surface area contributed by atoms with Crippen molar-refractivity contribution in [3.05, 3.63) is 52.6 Å². The Morgan fingerprint density at radius 1 is 1.32 bits per heavy atom. The van der Waals surface area contributed by atoms with Crippen LogP contribution in [0.2, 0.25) is 0 Å². The summed E-state index contributed by atoms with van der Waals surface area (Å²) in [6, 6.07) is 6.14. The Balaban J connectivity index is 2.19. The minimum atomic E-state index is 0.102. The third kappa shape index (κ3) is 2.00. The number of carbonyl (C=O) groups excluding carboxylic acids is 1. The van der Waals surface area contributed by atoms with E-state index >= 15 is 0 Å². The number of rotatable bonds is 1. The van der Waals surface area contributed by atoms with Crippen molar-refractivity contribution >= 4 is 28.4 Å². The SMILES string of the molecule is CC1=CCC(=S)C(c2cccc3c2C(=O)C(C)C3)=C1. The third-order valence-electron chi connectivity index (χ3n) is 3.94. The van der Waals surface area contributed by atoms with Crippen molar-refractivity contribution in [2.45, 2.75) is 26.7 Å². The van der Waals surface area contributed by atoms with Gasteiger partial charge in [-0.15, -0.1) is 0 Å². The van der Waals surface area contributed by atoms with Gasteiger partial charge < -0.3 is 0 Å². The van der Waals surface area contributed by atoms with Crippen molar-refractivity contribution in [2.75, 3.05) is 0 Å². The van der Waals surface area contributed by atoms with E-state index in [4.69, 9.17) is 12.2 Å². The summed E-state index contributed by atoms with van der Waals surface area (Å²) in [6.07, 6.45) is 5.91. The van der Waals surface area contributed by atoms with Crippen LogP contribution in [0.15, 0.2) is 35.9 Å². The lowest BCUT2D eigenvalue weighted by Crippen LogP contribution is -2.09. The van der Waals surface area contributed by atoms with Gasteiger partial charge in [-0.25, -0.2) is 0 Å². The molecule has 3 rings (SSSR count). The molecule has 1 aromatic rings. The zero-order valence-corrected chi connectivity index (χ0v) is 12.0. The normalized spacial score (nSPS) is 22.1. The maximum Gasteiger partial charge on any atom is 0.166 e. The van der Waals surface area contributed by atoms with Crippen molar-refractivity contribution < 1.29 is 4.79 Å². The molecular weight excluding hydrogens is 252 g/mol. The first-order valence-corrected chi connectivity index (χ1v) is 7.07. The molecule has 0 N–H and O–H groups in total. The molecule has 0 aliphatic heterocycles. The van der Waals surface area contributed by atoms with E-state index in [9.17, 15) is 4.79 Å². The summed E-state index contributed by atoms with van der Waals surface area (Å²) in [6.45, 7) is 4.08. The predicted octanol–water partition coefficient (Wildman–Crippen LogP) is 4.16. The van der Waals surface area contributed by atoms with Gasteiger partial charge in [-0.3, -0.25) is 4.79 Å². The number of hydrogen-bond acceptors (Lipinski definition) is 2. The molecular formula is C17H16OS. The van der Waals surface area contributed by atoms with E-state index in [1.807, 2.05) is 19.1 Å². The van der Waals surface area contributed by atoms with Crippen LogP contribution in [-0.2, 0) is 6.42 Å². The fourth-order valence-corrected chi connectivity index (χ4v) is 3.17. The van der Waals surface area contributed by atoms with Gasteiger partial charge in [-0.2, -0.15) is 0 Å². The zero-order valence-electron chi connectivity index (χ0n) is 11.2. The van der Waals surface area contributed by atoms with E-state index in [0.29, 0.717) is 0 Å². The van der Waals surface area contributed by atoms with Gasteiger partial charge in [0, 0.05) is 22.8 Å². The van der Waals surface area contributed by atoms with Gasteiger partial charge in [0.1, 0.15) is 0 Å². The van der Waals surface area contributed by atoms with E-state index < -0.39 is 0 Å². The maximum atomic E-state index is 12.4. The highest BCUT2D eigenvalue weighted by Gasteiger charge is 2.30. The molecule has 0 amide bonds. The Morgan fingerprint density at radius 2 is 2.11 bits per heavy atom. The first kappa shape index (κ1) is 12.5. The lowest BCUT2D eigenvalue weighted by Gasteiger charge is -2.16. The third-order valence-corrected chi connectivity index (χ3v) is 4.33. The number of Topliss-reactive ketones (excluding diaryl/α,β-unsaturated/α-hetero) is 1. The highest BCUT2D eigenvalue weighted by molar-refractivity contribution is 7.81. The first-order valence-electron chi connectivity index (χ1n) is 6.66. The molecule has 2 aliphatic rings. The highest BCUT2D eigenvalue weighted by atomic mass is 32.1. The fraction of sp³-hybridized carbons (Fsp3) is 0.294. The van der Waals surface area contributed by atoms with Gasteiger partial charge in [0.25, 0.3) is 0 Å². The molecule has 1 nitrogen and oxygen atoms in total. The van der Waals surface area contributed by atoms with Gasteiger partial charge in [-0.1, -0.05) is 55.1 Å². The zero-order chi connectivity index (χ0) is 13.6. The monoisotopic (exact) mass is 268 g/mol. The van der Waals surface area contributed by atoms with E-state index in [1.54, 1.807) is 0 Å². The first-order chi connectivity index (χ1) is 9.08. The summed E-state index contributed by atoms with van der Waals surface area (Å²) in [5.41, 5.74) is 5.39. The molecule has 0 aromatic heterocycles. The van der Waals surface area contributed by atoms with Crippen LogP contribution in [-0.4, -0.2) is 10.6 Å². The average Bonchev–Trinajstić information content (AvgIpc) is 2.68. The Morgan fingerprint density at radius 3 is 2.89 bits per heavy atom. The number of allylic oxidation sites excluding steroid dienone is 4. The van der Waals surface area contributed by atoms with E-state index in [0.717, 1.165) is 34.4 Å². The minimum absolute atomic E-state index is 0.102. The second-order valence-electron chi connectivity index (χ2n) is 5.44. The van der Waals surface area contributed by atoms with Crippen molar-refractivity contribution in [3.63, 3.8) is 0 Å². The number of benzene rings is 1. The topological polar surface area (TPSA) is 17.1 Å². The molecule has 2 aliphatic carbocycles. The van der Waals surface area contributed by atoms with Crippen LogP contribution in [0.4, 0.5) is 0 Å². The van der Waals surface area contributed by atoms with Crippen LogP contribution in [0.5, 0.6) is 0 Å². The summed E-state index contributed by atoms with van der Waals surface area (Å²) >= 11 is 5.48. The summed E-state index contributed by atoms with van der Waals surface area (Å²) in [7, 11) is 0. The molecule has 0 radical (unpaired) electrons. The Kier molecular flexibility index (Phi) is 2.98. The molecule has 1 aromatic carbocycles. The van der Waals surface area contributed by atoms with Gasteiger partial charge >= 0.3 is 0 Å². The van der Waals surface area contributed by atoms with Gasteiger partial charge in [0.05, 0.1) is 0 Å². The molecule has 1 unspecified atom stereocenters. The van der Waals surface area contributed by atoms with Crippen LogP contribution < -0.4 is 0 Å². The van der Waals surface area contributed by atoms with Gasteiger partial charge in [0.2, 0.25) is 0 Å². The quantitative estimate of drug-likeness (QED) is 0.711.